The van der Waals surface area contributed by atoms with Gasteiger partial charge in [-0.25, -0.2) is 0 Å². The fourth-order valence-electron chi connectivity index (χ4n) is 2.35. The van der Waals surface area contributed by atoms with E-state index in [2.05, 4.69) is 15.9 Å². The van der Waals surface area contributed by atoms with Crippen molar-refractivity contribution in [2.75, 3.05) is 16.8 Å². The van der Waals surface area contributed by atoms with E-state index >= 15 is 0 Å². The van der Waals surface area contributed by atoms with Gasteiger partial charge in [0, 0.05) is 18.3 Å². The first-order valence-electron chi connectivity index (χ1n) is 5.87. The minimum absolute atomic E-state index is 0.00319. The minimum Gasteiger partial charge on any atom is -0.311 e. The molecule has 0 aromatic heterocycles. The summed E-state index contributed by atoms with van der Waals surface area (Å²) >= 11 is 3.28. The zero-order valence-electron chi connectivity index (χ0n) is 10.3. The van der Waals surface area contributed by atoms with Crippen molar-refractivity contribution in [1.82, 2.24) is 0 Å². The Morgan fingerprint density at radius 3 is 2.63 bits per heavy atom. The highest BCUT2D eigenvalue weighted by Gasteiger charge is 2.39. The number of anilines is 1. The Hall–Kier alpha value is -1.04. The van der Waals surface area contributed by atoms with E-state index in [1.165, 1.54) is 11.0 Å². The molecule has 1 aliphatic rings. The van der Waals surface area contributed by atoms with Gasteiger partial charge in [-0.3, -0.25) is 4.79 Å². The lowest BCUT2D eigenvalue weighted by Crippen LogP contribution is -2.28. The highest BCUT2D eigenvalue weighted by Crippen LogP contribution is 2.40. The molecule has 1 aliphatic heterocycles. The van der Waals surface area contributed by atoms with E-state index < -0.39 is 11.7 Å². The Kier molecular flexibility index (Phi) is 3.90. The molecule has 1 atom stereocenters. The number of alkyl halides is 4. The maximum Gasteiger partial charge on any atom is 0.418 e. The average molecular weight is 336 g/mol. The van der Waals surface area contributed by atoms with Crippen LogP contribution in [-0.4, -0.2) is 17.8 Å². The molecule has 1 fully saturated rings. The summed E-state index contributed by atoms with van der Waals surface area (Å²) in [7, 11) is 0. The van der Waals surface area contributed by atoms with Crippen LogP contribution in [0.4, 0.5) is 18.9 Å². The van der Waals surface area contributed by atoms with Crippen molar-refractivity contribution in [2.24, 2.45) is 5.92 Å². The number of para-hydroxylation sites is 1. The molecule has 6 heteroatoms. The number of hydrogen-bond donors (Lipinski definition) is 0. The third-order valence-electron chi connectivity index (χ3n) is 3.24. The second-order valence-electron chi connectivity index (χ2n) is 4.70. The quantitative estimate of drug-likeness (QED) is 0.753. The van der Waals surface area contributed by atoms with E-state index in [1.807, 2.05) is 0 Å². The molecule has 0 spiro atoms. The standard InChI is InChI=1S/C13H13BrF3NO/c1-8-3-2-4-10(13(15,16)17)12(8)18-7-9(6-14)5-11(18)19/h2-4,9H,5-7H2,1H3. The predicted octanol–water partition coefficient (Wildman–Crippen LogP) is 3.76. The molecule has 1 aromatic rings. The van der Waals surface area contributed by atoms with Crippen molar-refractivity contribution in [3.8, 4) is 0 Å². The summed E-state index contributed by atoms with van der Waals surface area (Å²) in [5, 5.41) is 0.614. The van der Waals surface area contributed by atoms with Crippen LogP contribution >= 0.6 is 15.9 Å². The number of amides is 1. The van der Waals surface area contributed by atoms with Crippen LogP contribution < -0.4 is 4.90 Å². The lowest BCUT2D eigenvalue weighted by molar-refractivity contribution is -0.137. The van der Waals surface area contributed by atoms with Gasteiger partial charge in [-0.2, -0.15) is 13.2 Å². The second-order valence-corrected chi connectivity index (χ2v) is 5.35. The van der Waals surface area contributed by atoms with Gasteiger partial charge in [-0.1, -0.05) is 28.1 Å². The first-order valence-corrected chi connectivity index (χ1v) is 7.00. The molecule has 0 bridgehead atoms. The molecule has 0 N–H and O–H groups in total. The van der Waals surface area contributed by atoms with Crippen LogP contribution in [0.1, 0.15) is 17.5 Å². The fourth-order valence-corrected chi connectivity index (χ4v) is 2.78. The minimum atomic E-state index is -4.45. The number of nitrogens with zero attached hydrogens (tertiary/aromatic N) is 1. The lowest BCUT2D eigenvalue weighted by atomic mass is 10.1. The van der Waals surface area contributed by atoms with E-state index in [1.54, 1.807) is 13.0 Å². The summed E-state index contributed by atoms with van der Waals surface area (Å²) in [4.78, 5) is 13.2. The number of benzene rings is 1. The predicted molar refractivity (Wildman–Crippen MR) is 70.4 cm³/mol. The van der Waals surface area contributed by atoms with Gasteiger partial charge in [-0.05, 0) is 24.5 Å². The topological polar surface area (TPSA) is 20.3 Å². The number of aryl methyl sites for hydroxylation is 1. The van der Waals surface area contributed by atoms with Gasteiger partial charge >= 0.3 is 6.18 Å². The third kappa shape index (κ3) is 2.78. The number of rotatable bonds is 2. The Balaban J connectivity index is 2.48. The number of hydrogen-bond acceptors (Lipinski definition) is 1. The zero-order valence-corrected chi connectivity index (χ0v) is 11.9. The van der Waals surface area contributed by atoms with E-state index in [0.29, 0.717) is 17.4 Å². The first kappa shape index (κ1) is 14.4. The van der Waals surface area contributed by atoms with Gasteiger partial charge < -0.3 is 4.90 Å². The molecule has 19 heavy (non-hydrogen) atoms. The Bertz CT molecular complexity index is 501. The monoisotopic (exact) mass is 335 g/mol. The van der Waals surface area contributed by atoms with E-state index in [4.69, 9.17) is 0 Å². The summed E-state index contributed by atoms with van der Waals surface area (Å²) in [6.07, 6.45) is -4.16. The van der Waals surface area contributed by atoms with Crippen molar-refractivity contribution in [1.29, 1.82) is 0 Å². The van der Waals surface area contributed by atoms with Crippen molar-refractivity contribution < 1.29 is 18.0 Å². The number of carbonyl (C=O) groups excluding carboxylic acids is 1. The van der Waals surface area contributed by atoms with Crippen LogP contribution in [0.5, 0.6) is 0 Å². The summed E-state index contributed by atoms with van der Waals surface area (Å²) in [5.41, 5.74) is -0.266. The van der Waals surface area contributed by atoms with Crippen molar-refractivity contribution >= 4 is 27.5 Å². The maximum atomic E-state index is 13.0. The van der Waals surface area contributed by atoms with Gasteiger partial charge in [0.15, 0.2) is 0 Å². The first-order chi connectivity index (χ1) is 8.84. The Morgan fingerprint density at radius 1 is 1.42 bits per heavy atom. The summed E-state index contributed by atoms with van der Waals surface area (Å²) in [5.74, 6) is -0.183. The van der Waals surface area contributed by atoms with Gasteiger partial charge in [-0.15, -0.1) is 0 Å². The molecule has 104 valence electrons. The molecule has 1 amide bonds. The summed E-state index contributed by atoms with van der Waals surface area (Å²) in [6, 6.07) is 3.99. The smallest absolute Gasteiger partial charge is 0.311 e. The van der Waals surface area contributed by atoms with Crippen LogP contribution in [0.25, 0.3) is 0 Å². The largest absolute Gasteiger partial charge is 0.418 e. The van der Waals surface area contributed by atoms with Crippen LogP contribution in [0.15, 0.2) is 18.2 Å². The zero-order chi connectivity index (χ0) is 14.2. The average Bonchev–Trinajstić information content (AvgIpc) is 2.69. The van der Waals surface area contributed by atoms with E-state index in [-0.39, 0.29) is 23.9 Å². The summed E-state index contributed by atoms with van der Waals surface area (Å²) < 4.78 is 39.1. The van der Waals surface area contributed by atoms with Crippen molar-refractivity contribution in [2.45, 2.75) is 19.5 Å². The molecular formula is C13H13BrF3NO. The molecule has 2 rings (SSSR count). The van der Waals surface area contributed by atoms with Crippen LogP contribution in [-0.2, 0) is 11.0 Å². The highest BCUT2D eigenvalue weighted by atomic mass is 79.9. The lowest BCUT2D eigenvalue weighted by Gasteiger charge is -2.23. The van der Waals surface area contributed by atoms with Gasteiger partial charge in [0.25, 0.3) is 0 Å². The number of carbonyl (C=O) groups is 1. The van der Waals surface area contributed by atoms with Crippen molar-refractivity contribution in [3.05, 3.63) is 29.3 Å². The maximum absolute atomic E-state index is 13.0. The van der Waals surface area contributed by atoms with Gasteiger partial charge in [0.1, 0.15) is 0 Å². The Labute approximate surface area is 117 Å². The normalized spacial score (nSPS) is 20.2. The molecule has 0 saturated carbocycles. The van der Waals surface area contributed by atoms with Gasteiger partial charge in [0.05, 0.1) is 11.3 Å². The second kappa shape index (κ2) is 5.15. The van der Waals surface area contributed by atoms with Crippen LogP contribution in [0, 0.1) is 12.8 Å². The molecule has 1 saturated heterocycles. The molecule has 0 radical (unpaired) electrons. The van der Waals surface area contributed by atoms with E-state index in [9.17, 15) is 18.0 Å². The van der Waals surface area contributed by atoms with Crippen molar-refractivity contribution in [3.63, 3.8) is 0 Å². The SMILES string of the molecule is Cc1cccc(C(F)(F)F)c1N1CC(CBr)CC1=O. The molecule has 1 aromatic carbocycles. The fraction of sp³-hybridized carbons (Fsp3) is 0.462. The highest BCUT2D eigenvalue weighted by molar-refractivity contribution is 9.09. The molecule has 1 unspecified atom stereocenters. The van der Waals surface area contributed by atoms with Gasteiger partial charge in [0.2, 0.25) is 5.91 Å². The molecule has 2 nitrogen and oxygen atoms in total. The molecular weight excluding hydrogens is 323 g/mol. The van der Waals surface area contributed by atoms with Crippen LogP contribution in [0.3, 0.4) is 0 Å². The third-order valence-corrected chi connectivity index (χ3v) is 4.15. The Morgan fingerprint density at radius 2 is 2.11 bits per heavy atom. The number of halogens is 4. The van der Waals surface area contributed by atoms with E-state index in [0.717, 1.165) is 6.07 Å². The summed E-state index contributed by atoms with van der Waals surface area (Å²) in [6.45, 7) is 1.93. The molecule has 0 aliphatic carbocycles. The van der Waals surface area contributed by atoms with Crippen LogP contribution in [0.2, 0.25) is 0 Å². The molecule has 1 heterocycles.